The van der Waals surface area contributed by atoms with Crippen molar-refractivity contribution in [3.63, 3.8) is 0 Å². The highest BCUT2D eigenvalue weighted by molar-refractivity contribution is 5.76. The molecular weight excluding hydrogens is 260 g/mol. The van der Waals surface area contributed by atoms with Gasteiger partial charge in [-0.15, -0.1) is 5.10 Å². The van der Waals surface area contributed by atoms with Gasteiger partial charge in [0, 0.05) is 0 Å². The molecule has 2 heterocycles. The van der Waals surface area contributed by atoms with Crippen molar-refractivity contribution < 1.29 is 0 Å². The highest BCUT2D eigenvalue weighted by Crippen LogP contribution is 2.07. The quantitative estimate of drug-likeness (QED) is 0.629. The lowest BCUT2D eigenvalue weighted by atomic mass is 10.2. The number of hydrogen-bond acceptors (Lipinski definition) is 6. The van der Waals surface area contributed by atoms with E-state index in [1.54, 1.807) is 31.2 Å². The first-order chi connectivity index (χ1) is 9.58. The second-order valence-electron chi connectivity index (χ2n) is 4.21. The monoisotopic (exact) mass is 270 g/mol. The molecule has 8 nitrogen and oxygen atoms in total. The van der Waals surface area contributed by atoms with Gasteiger partial charge in [-0.1, -0.05) is 17.3 Å². The third kappa shape index (κ3) is 1.74. The summed E-state index contributed by atoms with van der Waals surface area (Å²) in [6.07, 6.45) is 0. The van der Waals surface area contributed by atoms with Crippen molar-refractivity contribution in [2.75, 3.05) is 5.73 Å². The van der Waals surface area contributed by atoms with Crippen LogP contribution in [0.25, 0.3) is 16.6 Å². The molecule has 8 heteroatoms. The molecule has 0 unspecified atom stereocenters. The van der Waals surface area contributed by atoms with Crippen molar-refractivity contribution >= 4 is 16.9 Å². The van der Waals surface area contributed by atoms with Crippen LogP contribution in [0.4, 0.5) is 5.95 Å². The first-order valence-electron chi connectivity index (χ1n) is 5.79. The minimum absolute atomic E-state index is 0.0157. The summed E-state index contributed by atoms with van der Waals surface area (Å²) >= 11 is 0. The van der Waals surface area contributed by atoms with E-state index in [1.807, 2.05) is 0 Å². The molecule has 0 spiro atoms. The molecule has 0 saturated heterocycles. The predicted octanol–water partition coefficient (Wildman–Crippen LogP) is -0.245. The summed E-state index contributed by atoms with van der Waals surface area (Å²) in [4.78, 5) is 30.6. The molecule has 0 amide bonds. The molecule has 0 saturated carbocycles. The Labute approximate surface area is 111 Å². The fourth-order valence-electron chi connectivity index (χ4n) is 1.99. The Morgan fingerprint density at radius 1 is 1.25 bits per heavy atom. The maximum atomic E-state index is 12.4. The lowest BCUT2D eigenvalue weighted by Crippen LogP contribution is -2.30. The lowest BCUT2D eigenvalue weighted by Gasteiger charge is -2.06. The van der Waals surface area contributed by atoms with Crippen LogP contribution >= 0.6 is 0 Å². The first-order valence-corrected chi connectivity index (χ1v) is 5.79. The number of benzene rings is 1. The number of rotatable bonds is 1. The maximum absolute atomic E-state index is 12.4. The zero-order valence-corrected chi connectivity index (χ0v) is 10.5. The summed E-state index contributed by atoms with van der Waals surface area (Å²) in [5, 5.41) is 8.08. The predicted molar refractivity (Wildman–Crippen MR) is 72.7 cm³/mol. The van der Waals surface area contributed by atoms with Crippen LogP contribution < -0.4 is 16.9 Å². The fourth-order valence-corrected chi connectivity index (χ4v) is 1.99. The first kappa shape index (κ1) is 12.0. The second-order valence-corrected chi connectivity index (χ2v) is 4.21. The van der Waals surface area contributed by atoms with Crippen molar-refractivity contribution in [2.24, 2.45) is 0 Å². The number of anilines is 1. The van der Waals surface area contributed by atoms with Gasteiger partial charge in [0.2, 0.25) is 5.95 Å². The molecule has 3 aromatic rings. The number of aromatic nitrogens is 5. The Hall–Kier alpha value is -3.03. The Bertz CT molecular complexity index is 927. The third-order valence-electron chi connectivity index (χ3n) is 2.87. The third-order valence-corrected chi connectivity index (χ3v) is 2.87. The van der Waals surface area contributed by atoms with E-state index in [0.717, 1.165) is 4.68 Å². The van der Waals surface area contributed by atoms with Crippen molar-refractivity contribution in [3.8, 4) is 5.69 Å². The number of H-pyrrole nitrogens is 1. The van der Waals surface area contributed by atoms with Gasteiger partial charge >= 0.3 is 0 Å². The Morgan fingerprint density at radius 3 is 2.75 bits per heavy atom. The molecule has 0 fully saturated rings. The smallest absolute Gasteiger partial charge is 0.282 e. The molecule has 0 radical (unpaired) electrons. The second kappa shape index (κ2) is 4.26. The standard InChI is InChI=1S/C12H10N6O2/c1-6-9(10(19)15-12(13)14-6)18-11(20)7-4-2-3-5-8(7)16-17-18/h2-5H,1H3,(H3,13,14,15,19). The molecule has 0 aliphatic heterocycles. The summed E-state index contributed by atoms with van der Waals surface area (Å²) in [7, 11) is 0. The van der Waals surface area contributed by atoms with E-state index in [4.69, 9.17) is 5.73 Å². The van der Waals surface area contributed by atoms with Crippen LogP contribution in [0.15, 0.2) is 33.9 Å². The zero-order chi connectivity index (χ0) is 14.3. The van der Waals surface area contributed by atoms with Gasteiger partial charge in [-0.3, -0.25) is 14.6 Å². The number of nitrogens with one attached hydrogen (secondary N) is 1. The highest BCUT2D eigenvalue weighted by Gasteiger charge is 2.14. The van der Waals surface area contributed by atoms with Crippen molar-refractivity contribution in [3.05, 3.63) is 50.7 Å². The number of aryl methyl sites for hydroxylation is 1. The van der Waals surface area contributed by atoms with E-state index in [9.17, 15) is 9.59 Å². The SMILES string of the molecule is Cc1nc(N)[nH]c(=O)c1-n1nnc2ccccc2c1=O. The van der Waals surface area contributed by atoms with Crippen LogP contribution in [-0.2, 0) is 0 Å². The van der Waals surface area contributed by atoms with Crippen LogP contribution in [0, 0.1) is 6.92 Å². The molecule has 1 aromatic carbocycles. The average Bonchev–Trinajstić information content (AvgIpc) is 2.40. The molecule has 3 N–H and O–H groups in total. The average molecular weight is 270 g/mol. The van der Waals surface area contributed by atoms with Gasteiger partial charge in [0.25, 0.3) is 11.1 Å². The van der Waals surface area contributed by atoms with Gasteiger partial charge in [0.05, 0.1) is 11.1 Å². The summed E-state index contributed by atoms with van der Waals surface area (Å²) in [5.41, 5.74) is 5.25. The summed E-state index contributed by atoms with van der Waals surface area (Å²) < 4.78 is 0.933. The molecule has 0 aliphatic carbocycles. The lowest BCUT2D eigenvalue weighted by molar-refractivity contribution is 0.720. The van der Waals surface area contributed by atoms with E-state index in [0.29, 0.717) is 16.6 Å². The number of nitrogen functional groups attached to an aromatic ring is 1. The van der Waals surface area contributed by atoms with Crippen LogP contribution in [0.2, 0.25) is 0 Å². The highest BCUT2D eigenvalue weighted by atomic mass is 16.1. The molecule has 2 aromatic heterocycles. The molecule has 3 rings (SSSR count). The van der Waals surface area contributed by atoms with E-state index in [1.165, 1.54) is 0 Å². The zero-order valence-electron chi connectivity index (χ0n) is 10.5. The number of fused-ring (bicyclic) bond motifs is 1. The van der Waals surface area contributed by atoms with E-state index < -0.39 is 11.1 Å². The molecule has 0 bridgehead atoms. The number of aromatic amines is 1. The number of nitrogens with zero attached hydrogens (tertiary/aromatic N) is 4. The Morgan fingerprint density at radius 2 is 2.00 bits per heavy atom. The normalized spacial score (nSPS) is 10.8. The Kier molecular flexibility index (Phi) is 2.56. The maximum Gasteiger partial charge on any atom is 0.282 e. The summed E-state index contributed by atoms with van der Waals surface area (Å²) in [6.45, 7) is 1.57. The van der Waals surface area contributed by atoms with Gasteiger partial charge in [0.15, 0.2) is 5.69 Å². The van der Waals surface area contributed by atoms with E-state index in [-0.39, 0.29) is 11.6 Å². The van der Waals surface area contributed by atoms with Crippen LogP contribution in [0.3, 0.4) is 0 Å². The number of hydrogen-bond donors (Lipinski definition) is 2. The topological polar surface area (TPSA) is 120 Å². The van der Waals surface area contributed by atoms with Crippen LogP contribution in [0.1, 0.15) is 5.69 Å². The number of nitrogens with two attached hydrogens (primary N) is 1. The van der Waals surface area contributed by atoms with Gasteiger partial charge in [-0.05, 0) is 19.1 Å². The van der Waals surface area contributed by atoms with Gasteiger partial charge in [-0.2, -0.15) is 4.68 Å². The van der Waals surface area contributed by atoms with Crippen molar-refractivity contribution in [1.29, 1.82) is 0 Å². The summed E-state index contributed by atoms with van der Waals surface area (Å²) in [6, 6.07) is 6.77. The van der Waals surface area contributed by atoms with Gasteiger partial charge in [0.1, 0.15) is 5.52 Å². The molecular formula is C12H10N6O2. The van der Waals surface area contributed by atoms with Crippen LogP contribution in [-0.4, -0.2) is 25.0 Å². The van der Waals surface area contributed by atoms with Crippen LogP contribution in [0.5, 0.6) is 0 Å². The van der Waals surface area contributed by atoms with Crippen molar-refractivity contribution in [1.82, 2.24) is 25.0 Å². The summed E-state index contributed by atoms with van der Waals surface area (Å²) in [5.74, 6) is -0.0157. The largest absolute Gasteiger partial charge is 0.369 e. The minimum atomic E-state index is -0.540. The van der Waals surface area contributed by atoms with Crippen molar-refractivity contribution in [2.45, 2.75) is 6.92 Å². The van der Waals surface area contributed by atoms with Gasteiger partial charge in [-0.25, -0.2) is 4.98 Å². The molecule has 100 valence electrons. The minimum Gasteiger partial charge on any atom is -0.369 e. The van der Waals surface area contributed by atoms with Gasteiger partial charge < -0.3 is 5.73 Å². The van der Waals surface area contributed by atoms with E-state index in [2.05, 4.69) is 20.3 Å². The van der Waals surface area contributed by atoms with E-state index >= 15 is 0 Å². The molecule has 0 atom stereocenters. The Balaban J connectivity index is 2.40. The molecule has 0 aliphatic rings. The molecule has 20 heavy (non-hydrogen) atoms. The fraction of sp³-hybridized carbons (Fsp3) is 0.0833.